The SMILES string of the molecule is CCOC(=O)c1nc(C)sc1-c1cccnc1. The largest absolute Gasteiger partial charge is 0.461 e. The van der Waals surface area contributed by atoms with E-state index in [0.29, 0.717) is 12.3 Å². The van der Waals surface area contributed by atoms with Crippen molar-refractivity contribution in [2.24, 2.45) is 0 Å². The van der Waals surface area contributed by atoms with Gasteiger partial charge in [-0.3, -0.25) is 4.98 Å². The summed E-state index contributed by atoms with van der Waals surface area (Å²) in [6, 6.07) is 3.74. The normalized spacial score (nSPS) is 10.2. The van der Waals surface area contributed by atoms with Crippen LogP contribution < -0.4 is 0 Å². The van der Waals surface area contributed by atoms with E-state index in [0.717, 1.165) is 15.4 Å². The molecular formula is C12H12N2O2S. The second kappa shape index (κ2) is 5.05. The summed E-state index contributed by atoms with van der Waals surface area (Å²) < 4.78 is 4.99. The van der Waals surface area contributed by atoms with Crippen molar-refractivity contribution in [3.63, 3.8) is 0 Å². The van der Waals surface area contributed by atoms with E-state index < -0.39 is 0 Å². The standard InChI is InChI=1S/C12H12N2O2S/c1-3-16-12(15)10-11(17-8(2)14-10)9-5-4-6-13-7-9/h4-7H,3H2,1-2H3. The highest BCUT2D eigenvalue weighted by molar-refractivity contribution is 7.15. The van der Waals surface area contributed by atoms with Gasteiger partial charge in [0.25, 0.3) is 0 Å². The first-order valence-corrected chi connectivity index (χ1v) is 6.09. The molecule has 5 heteroatoms. The fourth-order valence-corrected chi connectivity index (χ4v) is 2.35. The lowest BCUT2D eigenvalue weighted by Gasteiger charge is -2.01. The smallest absolute Gasteiger partial charge is 0.358 e. The van der Waals surface area contributed by atoms with Crippen LogP contribution in [0.25, 0.3) is 10.4 Å². The van der Waals surface area contributed by atoms with E-state index >= 15 is 0 Å². The van der Waals surface area contributed by atoms with Gasteiger partial charge in [-0.25, -0.2) is 9.78 Å². The quantitative estimate of drug-likeness (QED) is 0.784. The van der Waals surface area contributed by atoms with Crippen LogP contribution in [0.2, 0.25) is 0 Å². The highest BCUT2D eigenvalue weighted by Gasteiger charge is 2.19. The van der Waals surface area contributed by atoms with Gasteiger partial charge in [-0.05, 0) is 19.9 Å². The van der Waals surface area contributed by atoms with E-state index in [1.54, 1.807) is 19.3 Å². The monoisotopic (exact) mass is 248 g/mol. The topological polar surface area (TPSA) is 52.1 Å². The molecule has 2 aromatic heterocycles. The van der Waals surface area contributed by atoms with Crippen molar-refractivity contribution < 1.29 is 9.53 Å². The second-order valence-corrected chi connectivity index (χ2v) is 4.58. The highest BCUT2D eigenvalue weighted by Crippen LogP contribution is 2.29. The molecule has 17 heavy (non-hydrogen) atoms. The molecule has 0 radical (unpaired) electrons. The lowest BCUT2D eigenvalue weighted by atomic mass is 10.2. The summed E-state index contributed by atoms with van der Waals surface area (Å²) in [6.07, 6.45) is 3.41. The number of hydrogen-bond acceptors (Lipinski definition) is 5. The molecule has 4 nitrogen and oxygen atoms in total. The Morgan fingerprint density at radius 3 is 3.00 bits per heavy atom. The minimum Gasteiger partial charge on any atom is -0.461 e. The van der Waals surface area contributed by atoms with Gasteiger partial charge in [-0.1, -0.05) is 6.07 Å². The van der Waals surface area contributed by atoms with Crippen LogP contribution in [-0.2, 0) is 4.74 Å². The van der Waals surface area contributed by atoms with Gasteiger partial charge in [0.05, 0.1) is 16.5 Å². The van der Waals surface area contributed by atoms with Gasteiger partial charge < -0.3 is 4.74 Å². The Bertz CT molecular complexity index is 523. The van der Waals surface area contributed by atoms with E-state index in [1.165, 1.54) is 11.3 Å². The van der Waals surface area contributed by atoms with Crippen LogP contribution in [-0.4, -0.2) is 22.5 Å². The van der Waals surface area contributed by atoms with Crippen molar-refractivity contribution >= 4 is 17.3 Å². The molecule has 0 aliphatic carbocycles. The third kappa shape index (κ3) is 2.50. The predicted molar refractivity (Wildman–Crippen MR) is 66.0 cm³/mol. The molecule has 0 aliphatic heterocycles. The number of aromatic nitrogens is 2. The van der Waals surface area contributed by atoms with Crippen molar-refractivity contribution in [3.8, 4) is 10.4 Å². The van der Waals surface area contributed by atoms with Crippen molar-refractivity contribution in [2.45, 2.75) is 13.8 Å². The third-order valence-corrected chi connectivity index (χ3v) is 3.15. The van der Waals surface area contributed by atoms with E-state index in [2.05, 4.69) is 9.97 Å². The van der Waals surface area contributed by atoms with Gasteiger partial charge in [0.15, 0.2) is 5.69 Å². The first-order chi connectivity index (χ1) is 8.22. The predicted octanol–water partition coefficient (Wildman–Crippen LogP) is 2.69. The van der Waals surface area contributed by atoms with Gasteiger partial charge in [0.2, 0.25) is 0 Å². The van der Waals surface area contributed by atoms with Crippen LogP contribution in [0.3, 0.4) is 0 Å². The van der Waals surface area contributed by atoms with Crippen LogP contribution in [0.1, 0.15) is 22.4 Å². The first-order valence-electron chi connectivity index (χ1n) is 5.27. The number of hydrogen-bond donors (Lipinski definition) is 0. The Hall–Kier alpha value is -1.75. The Balaban J connectivity index is 2.44. The summed E-state index contributed by atoms with van der Waals surface area (Å²) in [4.78, 5) is 20.8. The number of ether oxygens (including phenoxy) is 1. The molecule has 0 atom stereocenters. The number of carbonyl (C=O) groups is 1. The summed E-state index contributed by atoms with van der Waals surface area (Å²) >= 11 is 1.47. The Labute approximate surface area is 103 Å². The van der Waals surface area contributed by atoms with E-state index in [-0.39, 0.29) is 5.97 Å². The zero-order chi connectivity index (χ0) is 12.3. The molecule has 0 bridgehead atoms. The van der Waals surface area contributed by atoms with Crippen molar-refractivity contribution in [1.29, 1.82) is 0 Å². The summed E-state index contributed by atoms with van der Waals surface area (Å²) in [7, 11) is 0. The maximum atomic E-state index is 11.8. The summed E-state index contributed by atoms with van der Waals surface area (Å²) in [5, 5.41) is 0.840. The van der Waals surface area contributed by atoms with E-state index in [9.17, 15) is 4.79 Å². The highest BCUT2D eigenvalue weighted by atomic mass is 32.1. The number of thiazole rings is 1. The number of pyridine rings is 1. The van der Waals surface area contributed by atoms with Crippen LogP contribution in [0.5, 0.6) is 0 Å². The number of rotatable bonds is 3. The van der Waals surface area contributed by atoms with Crippen LogP contribution in [0, 0.1) is 6.92 Å². The minimum atomic E-state index is -0.379. The Morgan fingerprint density at radius 1 is 1.53 bits per heavy atom. The molecular weight excluding hydrogens is 236 g/mol. The lowest BCUT2D eigenvalue weighted by molar-refractivity contribution is 0.0521. The minimum absolute atomic E-state index is 0.349. The number of esters is 1. The zero-order valence-electron chi connectivity index (χ0n) is 9.64. The van der Waals surface area contributed by atoms with Crippen LogP contribution in [0.4, 0.5) is 0 Å². The number of aryl methyl sites for hydroxylation is 1. The Kier molecular flexibility index (Phi) is 3.49. The van der Waals surface area contributed by atoms with Crippen LogP contribution in [0.15, 0.2) is 24.5 Å². The molecule has 0 saturated carbocycles. The average Bonchev–Trinajstić information content (AvgIpc) is 2.73. The van der Waals surface area contributed by atoms with Gasteiger partial charge in [0.1, 0.15) is 0 Å². The number of nitrogens with zero attached hydrogens (tertiary/aromatic N) is 2. The molecule has 0 saturated heterocycles. The van der Waals surface area contributed by atoms with E-state index in [4.69, 9.17) is 4.74 Å². The second-order valence-electron chi connectivity index (χ2n) is 3.37. The van der Waals surface area contributed by atoms with Gasteiger partial charge in [-0.2, -0.15) is 0 Å². The molecule has 2 rings (SSSR count). The molecule has 0 aromatic carbocycles. The number of carbonyl (C=O) groups excluding carboxylic acids is 1. The van der Waals surface area contributed by atoms with Gasteiger partial charge in [-0.15, -0.1) is 11.3 Å². The van der Waals surface area contributed by atoms with Crippen LogP contribution >= 0.6 is 11.3 Å². The molecule has 2 aromatic rings. The Morgan fingerprint density at radius 2 is 2.35 bits per heavy atom. The van der Waals surface area contributed by atoms with Crippen molar-refractivity contribution in [3.05, 3.63) is 35.2 Å². The molecule has 0 aliphatic rings. The fraction of sp³-hybridized carbons (Fsp3) is 0.250. The lowest BCUT2D eigenvalue weighted by Crippen LogP contribution is -2.06. The van der Waals surface area contributed by atoms with Crippen molar-refractivity contribution in [2.75, 3.05) is 6.61 Å². The molecule has 2 heterocycles. The summed E-state index contributed by atoms with van der Waals surface area (Å²) in [5.41, 5.74) is 1.27. The zero-order valence-corrected chi connectivity index (χ0v) is 10.5. The molecule has 88 valence electrons. The molecule has 0 amide bonds. The fourth-order valence-electron chi connectivity index (χ4n) is 1.46. The molecule has 0 fully saturated rings. The van der Waals surface area contributed by atoms with E-state index in [1.807, 2.05) is 19.1 Å². The van der Waals surface area contributed by atoms with Gasteiger partial charge >= 0.3 is 5.97 Å². The molecule has 0 spiro atoms. The van der Waals surface area contributed by atoms with Gasteiger partial charge in [0, 0.05) is 18.0 Å². The summed E-state index contributed by atoms with van der Waals surface area (Å²) in [6.45, 7) is 4.00. The molecule has 0 unspecified atom stereocenters. The molecule has 0 N–H and O–H groups in total. The first kappa shape index (κ1) is 11.7. The average molecular weight is 248 g/mol. The maximum Gasteiger partial charge on any atom is 0.358 e. The van der Waals surface area contributed by atoms with Crippen molar-refractivity contribution in [1.82, 2.24) is 9.97 Å². The maximum absolute atomic E-state index is 11.8. The summed E-state index contributed by atoms with van der Waals surface area (Å²) in [5.74, 6) is -0.379. The third-order valence-electron chi connectivity index (χ3n) is 2.13.